The predicted octanol–water partition coefficient (Wildman–Crippen LogP) is 3.56. The molecule has 0 spiro atoms. The zero-order valence-electron chi connectivity index (χ0n) is 17.3. The van der Waals surface area contributed by atoms with Gasteiger partial charge in [-0.1, -0.05) is 38.1 Å². The molecule has 2 aromatic rings. The summed E-state index contributed by atoms with van der Waals surface area (Å²) in [5, 5.41) is 5.22. The minimum absolute atomic E-state index is 0.124. The maximum absolute atomic E-state index is 12.6. The van der Waals surface area contributed by atoms with Crippen LogP contribution in [-0.4, -0.2) is 35.9 Å². The second-order valence-electron chi connectivity index (χ2n) is 7.57. The minimum Gasteiger partial charge on any atom is -0.493 e. The van der Waals surface area contributed by atoms with E-state index in [1.54, 1.807) is 24.3 Å². The van der Waals surface area contributed by atoms with Gasteiger partial charge in [0.2, 0.25) is 5.91 Å². The van der Waals surface area contributed by atoms with Gasteiger partial charge in [-0.3, -0.25) is 9.59 Å². The number of imide groups is 1. The van der Waals surface area contributed by atoms with Crippen LogP contribution in [0.4, 0.5) is 10.5 Å². The number of nitrogens with zero attached hydrogens (tertiary/aromatic N) is 1. The zero-order valence-corrected chi connectivity index (χ0v) is 17.3. The van der Waals surface area contributed by atoms with Crippen molar-refractivity contribution in [3.63, 3.8) is 0 Å². The first-order valence-electron chi connectivity index (χ1n) is 9.76. The molecular formula is C23H25N3O4. The molecule has 1 aliphatic heterocycles. The Morgan fingerprint density at radius 1 is 1.17 bits per heavy atom. The van der Waals surface area contributed by atoms with E-state index < -0.39 is 17.8 Å². The lowest BCUT2D eigenvalue weighted by atomic mass is 10.2. The van der Waals surface area contributed by atoms with E-state index in [0.29, 0.717) is 18.2 Å². The fraction of sp³-hybridized carbons (Fsp3) is 0.261. The Morgan fingerprint density at radius 2 is 1.90 bits per heavy atom. The Morgan fingerprint density at radius 3 is 2.57 bits per heavy atom. The van der Waals surface area contributed by atoms with E-state index >= 15 is 0 Å². The lowest BCUT2D eigenvalue weighted by Crippen LogP contribution is -2.38. The maximum Gasteiger partial charge on any atom is 0.329 e. The smallest absolute Gasteiger partial charge is 0.329 e. The lowest BCUT2D eigenvalue weighted by molar-refractivity contribution is -0.127. The number of anilines is 1. The van der Waals surface area contributed by atoms with E-state index in [9.17, 15) is 14.4 Å². The van der Waals surface area contributed by atoms with E-state index in [4.69, 9.17) is 4.74 Å². The number of benzene rings is 2. The van der Waals surface area contributed by atoms with Gasteiger partial charge in [0.25, 0.3) is 5.91 Å². The Labute approximate surface area is 175 Å². The molecule has 7 nitrogen and oxygen atoms in total. The largest absolute Gasteiger partial charge is 0.493 e. The molecule has 1 fully saturated rings. The Hall–Kier alpha value is -3.61. The number of nitrogens with one attached hydrogen (secondary N) is 2. The summed E-state index contributed by atoms with van der Waals surface area (Å²) < 4.78 is 5.64. The van der Waals surface area contributed by atoms with Crippen LogP contribution >= 0.6 is 0 Å². The van der Waals surface area contributed by atoms with Crippen molar-refractivity contribution in [2.45, 2.75) is 20.8 Å². The van der Waals surface area contributed by atoms with E-state index in [2.05, 4.69) is 24.5 Å². The van der Waals surface area contributed by atoms with Crippen LogP contribution in [0.1, 0.15) is 25.0 Å². The third kappa shape index (κ3) is 5.47. The summed E-state index contributed by atoms with van der Waals surface area (Å²) in [6.45, 7) is 6.31. The lowest BCUT2D eigenvalue weighted by Gasteiger charge is -2.12. The van der Waals surface area contributed by atoms with Gasteiger partial charge in [0.15, 0.2) is 0 Å². The summed E-state index contributed by atoms with van der Waals surface area (Å²) in [5.41, 5.74) is 2.47. The number of ether oxygens (including phenoxy) is 1. The second-order valence-corrected chi connectivity index (χ2v) is 7.57. The van der Waals surface area contributed by atoms with E-state index in [-0.39, 0.29) is 12.2 Å². The van der Waals surface area contributed by atoms with Crippen LogP contribution in [0.2, 0.25) is 0 Å². The highest BCUT2D eigenvalue weighted by Gasteiger charge is 2.34. The fourth-order valence-corrected chi connectivity index (χ4v) is 2.87. The van der Waals surface area contributed by atoms with Gasteiger partial charge in [-0.05, 0) is 54.3 Å². The molecule has 0 bridgehead atoms. The minimum atomic E-state index is -0.623. The third-order valence-corrected chi connectivity index (χ3v) is 4.34. The Bertz CT molecular complexity index is 980. The third-order valence-electron chi connectivity index (χ3n) is 4.34. The van der Waals surface area contributed by atoms with Gasteiger partial charge < -0.3 is 15.4 Å². The number of amides is 4. The standard InChI is InChI=1S/C23H25N3O4/c1-15(2)14-30-19-9-7-17(8-10-19)12-20-22(28)26(23(29)25-20)13-21(27)24-18-6-4-5-16(3)11-18/h4-12,15H,13-14H2,1-3H3,(H,24,27)(H,25,29). The first kappa shape index (κ1) is 21.1. The molecular weight excluding hydrogens is 382 g/mol. The molecule has 0 atom stereocenters. The first-order chi connectivity index (χ1) is 14.3. The van der Waals surface area contributed by atoms with Crippen molar-refractivity contribution in [2.24, 2.45) is 5.92 Å². The van der Waals surface area contributed by atoms with Crippen molar-refractivity contribution < 1.29 is 19.1 Å². The van der Waals surface area contributed by atoms with E-state index in [1.165, 1.54) is 0 Å². The van der Waals surface area contributed by atoms with Crippen LogP contribution < -0.4 is 15.4 Å². The Balaban J connectivity index is 1.63. The van der Waals surface area contributed by atoms with Crippen LogP contribution in [-0.2, 0) is 9.59 Å². The number of urea groups is 1. The number of rotatable bonds is 7. The average molecular weight is 407 g/mol. The topological polar surface area (TPSA) is 87.7 Å². The van der Waals surface area contributed by atoms with Gasteiger partial charge in [-0.15, -0.1) is 0 Å². The van der Waals surface area contributed by atoms with Crippen molar-refractivity contribution in [2.75, 3.05) is 18.5 Å². The summed E-state index contributed by atoms with van der Waals surface area (Å²) in [6.07, 6.45) is 1.57. The summed E-state index contributed by atoms with van der Waals surface area (Å²) in [7, 11) is 0. The zero-order chi connectivity index (χ0) is 21.7. The highest BCUT2D eigenvalue weighted by atomic mass is 16.5. The highest BCUT2D eigenvalue weighted by Crippen LogP contribution is 2.18. The first-order valence-corrected chi connectivity index (χ1v) is 9.76. The molecule has 1 saturated heterocycles. The second kappa shape index (κ2) is 9.26. The molecule has 2 aromatic carbocycles. The van der Waals surface area contributed by atoms with Gasteiger partial charge in [0.1, 0.15) is 18.0 Å². The van der Waals surface area contributed by atoms with E-state index in [0.717, 1.165) is 21.8 Å². The quantitative estimate of drug-likeness (QED) is 0.543. The summed E-state index contributed by atoms with van der Waals surface area (Å²) >= 11 is 0. The van der Waals surface area contributed by atoms with Crippen molar-refractivity contribution in [3.05, 3.63) is 65.4 Å². The molecule has 1 aliphatic rings. The average Bonchev–Trinajstić information content (AvgIpc) is 2.95. The Kier molecular flexibility index (Phi) is 6.51. The number of carbonyl (C=O) groups is 3. The molecule has 7 heteroatoms. The number of hydrogen-bond acceptors (Lipinski definition) is 4. The number of carbonyl (C=O) groups excluding carboxylic acids is 3. The molecule has 3 rings (SSSR count). The fourth-order valence-electron chi connectivity index (χ4n) is 2.87. The van der Waals surface area contributed by atoms with Gasteiger partial charge in [-0.2, -0.15) is 0 Å². The normalized spacial score (nSPS) is 14.9. The molecule has 0 saturated carbocycles. The number of hydrogen-bond donors (Lipinski definition) is 2. The highest BCUT2D eigenvalue weighted by molar-refractivity contribution is 6.15. The van der Waals surface area contributed by atoms with Crippen LogP contribution in [0.15, 0.2) is 54.2 Å². The molecule has 0 radical (unpaired) electrons. The molecule has 1 heterocycles. The molecule has 2 N–H and O–H groups in total. The molecule has 30 heavy (non-hydrogen) atoms. The SMILES string of the molecule is Cc1cccc(NC(=O)CN2C(=O)NC(=Cc3ccc(OCC(C)C)cc3)C2=O)c1. The molecule has 0 aliphatic carbocycles. The predicted molar refractivity (Wildman–Crippen MR) is 115 cm³/mol. The van der Waals surface area contributed by atoms with Crippen LogP contribution in [0.3, 0.4) is 0 Å². The maximum atomic E-state index is 12.6. The van der Waals surface area contributed by atoms with Gasteiger partial charge >= 0.3 is 6.03 Å². The van der Waals surface area contributed by atoms with Crippen LogP contribution in [0.25, 0.3) is 6.08 Å². The van der Waals surface area contributed by atoms with Crippen LogP contribution in [0.5, 0.6) is 5.75 Å². The summed E-state index contributed by atoms with van der Waals surface area (Å²) in [5.74, 6) is 0.172. The van der Waals surface area contributed by atoms with Gasteiger partial charge in [0, 0.05) is 5.69 Å². The summed E-state index contributed by atoms with van der Waals surface area (Å²) in [6, 6.07) is 13.9. The van der Waals surface area contributed by atoms with Crippen molar-refractivity contribution >= 4 is 29.6 Å². The monoisotopic (exact) mass is 407 g/mol. The van der Waals surface area contributed by atoms with Crippen molar-refractivity contribution in [1.82, 2.24) is 10.2 Å². The van der Waals surface area contributed by atoms with Crippen molar-refractivity contribution in [3.8, 4) is 5.75 Å². The molecule has 4 amide bonds. The molecule has 0 unspecified atom stereocenters. The van der Waals surface area contributed by atoms with Crippen LogP contribution in [0, 0.1) is 12.8 Å². The van der Waals surface area contributed by atoms with Gasteiger partial charge in [0.05, 0.1) is 6.61 Å². The number of aryl methyl sites for hydroxylation is 1. The molecule has 0 aromatic heterocycles. The summed E-state index contributed by atoms with van der Waals surface area (Å²) in [4.78, 5) is 37.9. The molecule has 156 valence electrons. The van der Waals surface area contributed by atoms with E-state index in [1.807, 2.05) is 37.3 Å². The van der Waals surface area contributed by atoms with Crippen molar-refractivity contribution in [1.29, 1.82) is 0 Å². The van der Waals surface area contributed by atoms with Gasteiger partial charge in [-0.25, -0.2) is 9.69 Å².